The molecule has 0 N–H and O–H groups in total. The summed E-state index contributed by atoms with van der Waals surface area (Å²) in [5.41, 5.74) is 5.58. The molecule has 57 valence electrons. The van der Waals surface area contributed by atoms with E-state index in [0.29, 0.717) is 0 Å². The largest absolute Gasteiger partial charge is 0.0795 e. The van der Waals surface area contributed by atoms with Gasteiger partial charge in [-0.1, -0.05) is 24.3 Å². The second-order valence-corrected chi connectivity index (χ2v) is 3.31. The molecule has 0 nitrogen and oxygen atoms in total. The maximum atomic E-state index is 3.31. The number of rotatable bonds is 0. The molecule has 3 aliphatic rings. The lowest BCUT2D eigenvalue weighted by atomic mass is 9.88. The van der Waals surface area contributed by atoms with Gasteiger partial charge in [-0.3, -0.25) is 0 Å². The quantitative estimate of drug-likeness (QED) is 0.502. The molecule has 0 atom stereocenters. The Kier molecular flexibility index (Phi) is 1.09. The van der Waals surface area contributed by atoms with Gasteiger partial charge < -0.3 is 0 Å². The zero-order valence-corrected chi connectivity index (χ0v) is 6.80. The highest BCUT2D eigenvalue weighted by Gasteiger charge is 2.20. The minimum Gasteiger partial charge on any atom is -0.0795 e. The minimum atomic E-state index is 1.06. The normalized spacial score (nSPS) is 24.0. The number of hydrogen-bond acceptors (Lipinski definition) is 0. The summed E-state index contributed by atoms with van der Waals surface area (Å²) in [6.07, 6.45) is 16.6. The van der Waals surface area contributed by atoms with Crippen LogP contribution in [0.15, 0.2) is 52.7 Å². The average Bonchev–Trinajstić information content (AvgIpc) is 2.52. The van der Waals surface area contributed by atoms with E-state index in [1.807, 2.05) is 0 Å². The van der Waals surface area contributed by atoms with Crippen molar-refractivity contribution in [2.75, 3.05) is 0 Å². The van der Waals surface area contributed by atoms with Crippen molar-refractivity contribution in [3.05, 3.63) is 58.7 Å². The van der Waals surface area contributed by atoms with Crippen molar-refractivity contribution in [3.63, 3.8) is 0 Å². The Morgan fingerprint density at radius 3 is 3.25 bits per heavy atom. The molecule has 0 aromatic heterocycles. The molecule has 3 rings (SSSR count). The van der Waals surface area contributed by atoms with Gasteiger partial charge in [-0.2, -0.15) is 0 Å². The fourth-order valence-corrected chi connectivity index (χ4v) is 2.02. The Balaban J connectivity index is 2.24. The molecule has 0 heterocycles. The van der Waals surface area contributed by atoms with E-state index in [4.69, 9.17) is 0 Å². The van der Waals surface area contributed by atoms with Crippen LogP contribution in [0.3, 0.4) is 0 Å². The summed E-state index contributed by atoms with van der Waals surface area (Å²) in [5.74, 6) is 0. The van der Waals surface area contributed by atoms with E-state index in [1.54, 1.807) is 0 Å². The van der Waals surface area contributed by atoms with Gasteiger partial charge in [0.2, 0.25) is 0 Å². The molecule has 0 fully saturated rings. The topological polar surface area (TPSA) is 0 Å². The molecular weight excluding hydrogens is 144 g/mol. The Hall–Kier alpha value is -1.30. The smallest absolute Gasteiger partial charge is 0.00760 e. The molecule has 0 heteroatoms. The van der Waals surface area contributed by atoms with Gasteiger partial charge in [-0.05, 0) is 47.3 Å². The summed E-state index contributed by atoms with van der Waals surface area (Å²) in [6, 6.07) is 0. The molecule has 0 saturated heterocycles. The van der Waals surface area contributed by atoms with Crippen LogP contribution in [-0.2, 0) is 0 Å². The van der Waals surface area contributed by atoms with Crippen LogP contribution >= 0.6 is 0 Å². The van der Waals surface area contributed by atoms with E-state index in [-0.39, 0.29) is 0 Å². The number of hydrogen-bond donors (Lipinski definition) is 0. The Bertz CT molecular complexity index is 384. The van der Waals surface area contributed by atoms with E-state index in [9.17, 15) is 0 Å². The molecule has 0 spiro atoms. The SMILES string of the molecule is [C]1=CC2=C3C1=CCC=C3C=CC2. The van der Waals surface area contributed by atoms with Gasteiger partial charge in [0.25, 0.3) is 0 Å². The Morgan fingerprint density at radius 1 is 1.25 bits per heavy atom. The van der Waals surface area contributed by atoms with Crippen molar-refractivity contribution in [3.8, 4) is 0 Å². The third-order valence-electron chi connectivity index (χ3n) is 2.58. The zero-order valence-electron chi connectivity index (χ0n) is 6.80. The summed E-state index contributed by atoms with van der Waals surface area (Å²) in [6.45, 7) is 0. The van der Waals surface area contributed by atoms with E-state index < -0.39 is 0 Å². The molecule has 1 radical (unpaired) electrons. The monoisotopic (exact) mass is 153 g/mol. The van der Waals surface area contributed by atoms with Crippen LogP contribution < -0.4 is 0 Å². The summed E-state index contributed by atoms with van der Waals surface area (Å²) in [7, 11) is 0. The predicted molar refractivity (Wildman–Crippen MR) is 49.4 cm³/mol. The lowest BCUT2D eigenvalue weighted by Crippen LogP contribution is -1.98. The molecule has 0 aliphatic heterocycles. The first-order chi connectivity index (χ1) is 5.95. The Morgan fingerprint density at radius 2 is 2.25 bits per heavy atom. The fourth-order valence-electron chi connectivity index (χ4n) is 2.02. The molecule has 0 aromatic rings. The van der Waals surface area contributed by atoms with Gasteiger partial charge in [0.1, 0.15) is 0 Å². The van der Waals surface area contributed by atoms with E-state index in [1.165, 1.54) is 22.3 Å². The summed E-state index contributed by atoms with van der Waals surface area (Å²) in [5, 5.41) is 0. The van der Waals surface area contributed by atoms with Crippen molar-refractivity contribution in [2.45, 2.75) is 12.8 Å². The maximum Gasteiger partial charge on any atom is -0.00760 e. The first-order valence-electron chi connectivity index (χ1n) is 4.36. The van der Waals surface area contributed by atoms with Gasteiger partial charge in [-0.25, -0.2) is 0 Å². The lowest BCUT2D eigenvalue weighted by molar-refractivity contribution is 1.17. The molecular formula is C12H9. The molecule has 0 aromatic carbocycles. The molecule has 0 bridgehead atoms. The van der Waals surface area contributed by atoms with Gasteiger partial charge in [-0.15, -0.1) is 0 Å². The molecule has 12 heavy (non-hydrogen) atoms. The summed E-state index contributed by atoms with van der Waals surface area (Å²) >= 11 is 0. The minimum absolute atomic E-state index is 1.06. The first kappa shape index (κ1) is 6.24. The standard InChI is InChI=1S/C12H9/c1-3-9-4-2-6-11-8-7-10(5-1)12(9)11/h1,3-4,6-7H,2,5H2. The van der Waals surface area contributed by atoms with Crippen LogP contribution in [0, 0.1) is 6.08 Å². The second kappa shape index (κ2) is 2.10. The van der Waals surface area contributed by atoms with Crippen molar-refractivity contribution < 1.29 is 0 Å². The van der Waals surface area contributed by atoms with Crippen LogP contribution in [0.4, 0.5) is 0 Å². The molecule has 0 saturated carbocycles. The van der Waals surface area contributed by atoms with Crippen molar-refractivity contribution in [1.82, 2.24) is 0 Å². The van der Waals surface area contributed by atoms with Gasteiger partial charge >= 0.3 is 0 Å². The van der Waals surface area contributed by atoms with Crippen molar-refractivity contribution in [2.24, 2.45) is 0 Å². The molecule has 3 aliphatic carbocycles. The van der Waals surface area contributed by atoms with Gasteiger partial charge in [0.05, 0.1) is 0 Å². The second-order valence-electron chi connectivity index (χ2n) is 3.31. The van der Waals surface area contributed by atoms with Gasteiger partial charge in [0, 0.05) is 0 Å². The van der Waals surface area contributed by atoms with Crippen LogP contribution in [0.5, 0.6) is 0 Å². The molecule has 0 amide bonds. The summed E-state index contributed by atoms with van der Waals surface area (Å²) < 4.78 is 0. The van der Waals surface area contributed by atoms with Crippen LogP contribution in [0.25, 0.3) is 0 Å². The Labute approximate surface area is 72.3 Å². The van der Waals surface area contributed by atoms with Gasteiger partial charge in [0.15, 0.2) is 0 Å². The fraction of sp³-hybridized carbons (Fsp3) is 0.167. The predicted octanol–water partition coefficient (Wildman–Crippen LogP) is 2.87. The highest BCUT2D eigenvalue weighted by atomic mass is 14.2. The van der Waals surface area contributed by atoms with Crippen molar-refractivity contribution in [1.29, 1.82) is 0 Å². The average molecular weight is 153 g/mol. The van der Waals surface area contributed by atoms with E-state index in [0.717, 1.165) is 12.8 Å². The van der Waals surface area contributed by atoms with Crippen LogP contribution in [-0.4, -0.2) is 0 Å². The number of allylic oxidation sites excluding steroid dienone is 10. The van der Waals surface area contributed by atoms with E-state index >= 15 is 0 Å². The summed E-state index contributed by atoms with van der Waals surface area (Å²) in [4.78, 5) is 0. The molecule has 0 unspecified atom stereocenters. The van der Waals surface area contributed by atoms with E-state index in [2.05, 4.69) is 36.5 Å². The van der Waals surface area contributed by atoms with Crippen LogP contribution in [0.2, 0.25) is 0 Å². The third kappa shape index (κ3) is 0.672. The first-order valence-corrected chi connectivity index (χ1v) is 4.36. The van der Waals surface area contributed by atoms with Crippen molar-refractivity contribution >= 4 is 0 Å². The highest BCUT2D eigenvalue weighted by Crippen LogP contribution is 2.38. The third-order valence-corrected chi connectivity index (χ3v) is 2.58. The van der Waals surface area contributed by atoms with Crippen LogP contribution in [0.1, 0.15) is 12.8 Å². The maximum absolute atomic E-state index is 3.31. The lowest BCUT2D eigenvalue weighted by Gasteiger charge is -2.16. The zero-order chi connectivity index (χ0) is 7.97. The highest BCUT2D eigenvalue weighted by molar-refractivity contribution is 5.66.